The Labute approximate surface area is 92.4 Å². The van der Waals surface area contributed by atoms with E-state index in [-0.39, 0.29) is 5.91 Å². The van der Waals surface area contributed by atoms with Gasteiger partial charge in [-0.3, -0.25) is 4.79 Å². The predicted molar refractivity (Wildman–Crippen MR) is 61.8 cm³/mol. The molecule has 2 unspecified atom stereocenters. The van der Waals surface area contributed by atoms with E-state index < -0.39 is 0 Å². The number of nitrogens with one attached hydrogen (secondary N) is 2. The van der Waals surface area contributed by atoms with Crippen LogP contribution in [0.2, 0.25) is 0 Å². The Morgan fingerprint density at radius 3 is 2.87 bits per heavy atom. The van der Waals surface area contributed by atoms with Crippen LogP contribution in [0.4, 0.5) is 0 Å². The highest BCUT2D eigenvalue weighted by Crippen LogP contribution is 2.05. The van der Waals surface area contributed by atoms with Gasteiger partial charge in [-0.25, -0.2) is 0 Å². The highest BCUT2D eigenvalue weighted by atomic mass is 16.1. The quantitative estimate of drug-likeness (QED) is 0.662. The van der Waals surface area contributed by atoms with Gasteiger partial charge in [-0.2, -0.15) is 0 Å². The Hall–Kier alpha value is -0.610. The highest BCUT2D eigenvalue weighted by Gasteiger charge is 2.20. The van der Waals surface area contributed by atoms with Crippen LogP contribution < -0.4 is 10.6 Å². The van der Waals surface area contributed by atoms with Crippen molar-refractivity contribution in [3.05, 3.63) is 0 Å². The zero-order chi connectivity index (χ0) is 11.3. The summed E-state index contributed by atoms with van der Waals surface area (Å²) in [6.07, 6.45) is 2.82. The first-order chi connectivity index (χ1) is 7.08. The first-order valence-electron chi connectivity index (χ1n) is 5.75. The molecule has 1 aliphatic rings. The Kier molecular flexibility index (Phi) is 5.05. The van der Waals surface area contributed by atoms with Gasteiger partial charge < -0.3 is 15.5 Å². The molecule has 1 amide bonds. The molecule has 1 rings (SSSR count). The molecule has 0 spiro atoms. The largest absolute Gasteiger partial charge is 0.352 e. The number of hydrogen-bond donors (Lipinski definition) is 2. The monoisotopic (exact) mass is 213 g/mol. The van der Waals surface area contributed by atoms with Crippen molar-refractivity contribution < 1.29 is 4.79 Å². The van der Waals surface area contributed by atoms with Crippen LogP contribution in [0.25, 0.3) is 0 Å². The van der Waals surface area contributed by atoms with E-state index in [9.17, 15) is 4.79 Å². The lowest BCUT2D eigenvalue weighted by atomic mass is 10.2. The van der Waals surface area contributed by atoms with Gasteiger partial charge in [0.1, 0.15) is 0 Å². The van der Waals surface area contributed by atoms with Gasteiger partial charge in [-0.1, -0.05) is 0 Å². The number of carbonyl (C=O) groups excluding carboxylic acids is 1. The number of nitrogens with zero attached hydrogens (tertiary/aromatic N) is 1. The zero-order valence-electron chi connectivity index (χ0n) is 10.0. The third kappa shape index (κ3) is 5.14. The molecular weight excluding hydrogens is 190 g/mol. The van der Waals surface area contributed by atoms with Gasteiger partial charge in [0.15, 0.2) is 0 Å². The Morgan fingerprint density at radius 2 is 2.33 bits per heavy atom. The molecule has 0 aromatic carbocycles. The second kappa shape index (κ2) is 6.08. The molecule has 0 radical (unpaired) electrons. The highest BCUT2D eigenvalue weighted by molar-refractivity contribution is 5.78. The third-order valence-electron chi connectivity index (χ3n) is 2.81. The fourth-order valence-electron chi connectivity index (χ4n) is 1.73. The molecule has 88 valence electrons. The van der Waals surface area contributed by atoms with Crippen LogP contribution in [-0.2, 0) is 4.79 Å². The van der Waals surface area contributed by atoms with E-state index in [0.29, 0.717) is 18.5 Å². The van der Waals surface area contributed by atoms with E-state index >= 15 is 0 Å². The molecule has 0 aromatic heterocycles. The normalized spacial score (nSPS) is 23.2. The average molecular weight is 213 g/mol. The van der Waals surface area contributed by atoms with Crippen LogP contribution >= 0.6 is 0 Å². The number of carbonyl (C=O) groups is 1. The van der Waals surface area contributed by atoms with Crippen LogP contribution in [0.1, 0.15) is 26.2 Å². The third-order valence-corrected chi connectivity index (χ3v) is 2.81. The maximum Gasteiger partial charge on any atom is 0.220 e. The van der Waals surface area contributed by atoms with Crippen molar-refractivity contribution in [3.63, 3.8) is 0 Å². The van der Waals surface area contributed by atoms with E-state index in [1.807, 2.05) is 0 Å². The average Bonchev–Trinajstić information content (AvgIpc) is 2.58. The lowest BCUT2D eigenvalue weighted by molar-refractivity contribution is -0.119. The maximum absolute atomic E-state index is 11.0. The van der Waals surface area contributed by atoms with Crippen LogP contribution in [0, 0.1) is 0 Å². The topological polar surface area (TPSA) is 44.4 Å². The van der Waals surface area contributed by atoms with Gasteiger partial charge >= 0.3 is 0 Å². The van der Waals surface area contributed by atoms with Gasteiger partial charge in [-0.05, 0) is 40.4 Å². The first-order valence-corrected chi connectivity index (χ1v) is 5.75. The van der Waals surface area contributed by atoms with Crippen LogP contribution in [0.5, 0.6) is 0 Å². The van der Waals surface area contributed by atoms with Crippen molar-refractivity contribution in [2.24, 2.45) is 0 Å². The lowest BCUT2D eigenvalue weighted by Crippen LogP contribution is -2.40. The van der Waals surface area contributed by atoms with Crippen molar-refractivity contribution in [3.8, 4) is 0 Å². The lowest BCUT2D eigenvalue weighted by Gasteiger charge is -2.19. The number of amides is 1. The Morgan fingerprint density at radius 1 is 1.60 bits per heavy atom. The molecule has 4 nitrogen and oxygen atoms in total. The molecule has 0 aliphatic carbocycles. The molecule has 0 bridgehead atoms. The summed E-state index contributed by atoms with van der Waals surface area (Å²) in [7, 11) is 4.17. The summed E-state index contributed by atoms with van der Waals surface area (Å²) in [5, 5.41) is 6.42. The summed E-state index contributed by atoms with van der Waals surface area (Å²) in [6, 6.07) is 0.865. The molecule has 1 aliphatic heterocycles. The molecule has 15 heavy (non-hydrogen) atoms. The Bertz CT molecular complexity index is 206. The van der Waals surface area contributed by atoms with Gasteiger partial charge in [0.25, 0.3) is 0 Å². The van der Waals surface area contributed by atoms with E-state index in [4.69, 9.17) is 0 Å². The van der Waals surface area contributed by atoms with E-state index in [0.717, 1.165) is 25.9 Å². The van der Waals surface area contributed by atoms with Crippen molar-refractivity contribution >= 4 is 5.91 Å². The van der Waals surface area contributed by atoms with Crippen molar-refractivity contribution in [2.45, 2.75) is 38.3 Å². The molecule has 2 N–H and O–H groups in total. The standard InChI is InChI=1S/C11H23N3O/c1-9(6-7-14(2)3)12-8-10-4-5-11(15)13-10/h9-10,12H,4-8H2,1-3H3,(H,13,15). The first kappa shape index (κ1) is 12.5. The molecule has 4 heteroatoms. The summed E-state index contributed by atoms with van der Waals surface area (Å²) in [5.74, 6) is 0.197. The zero-order valence-corrected chi connectivity index (χ0v) is 10.0. The molecular formula is C11H23N3O. The number of hydrogen-bond acceptors (Lipinski definition) is 3. The predicted octanol–water partition coefficient (Wildman–Crippen LogP) is 0.195. The molecule has 2 atom stereocenters. The fourth-order valence-corrected chi connectivity index (χ4v) is 1.73. The molecule has 1 heterocycles. The van der Waals surface area contributed by atoms with Crippen molar-refractivity contribution in [2.75, 3.05) is 27.2 Å². The SMILES string of the molecule is CC(CCN(C)C)NCC1CCC(=O)N1. The second-order valence-electron chi connectivity index (χ2n) is 4.70. The minimum atomic E-state index is 0.197. The molecule has 0 saturated carbocycles. The summed E-state index contributed by atoms with van der Waals surface area (Å²) >= 11 is 0. The van der Waals surface area contributed by atoms with Gasteiger partial charge in [0, 0.05) is 25.0 Å². The molecule has 0 aromatic rings. The van der Waals surface area contributed by atoms with Crippen LogP contribution in [0.3, 0.4) is 0 Å². The van der Waals surface area contributed by atoms with Gasteiger partial charge in [-0.15, -0.1) is 0 Å². The minimum Gasteiger partial charge on any atom is -0.352 e. The number of rotatable bonds is 6. The summed E-state index contributed by atoms with van der Waals surface area (Å²) < 4.78 is 0. The summed E-state index contributed by atoms with van der Waals surface area (Å²) in [5.41, 5.74) is 0. The molecule has 1 saturated heterocycles. The van der Waals surface area contributed by atoms with Crippen LogP contribution in [0.15, 0.2) is 0 Å². The van der Waals surface area contributed by atoms with E-state index in [2.05, 4.69) is 36.6 Å². The fraction of sp³-hybridized carbons (Fsp3) is 0.909. The van der Waals surface area contributed by atoms with Crippen molar-refractivity contribution in [1.29, 1.82) is 0 Å². The van der Waals surface area contributed by atoms with E-state index in [1.54, 1.807) is 0 Å². The summed E-state index contributed by atoms with van der Waals surface area (Å²) in [4.78, 5) is 13.2. The van der Waals surface area contributed by atoms with Gasteiger partial charge in [0.05, 0.1) is 0 Å². The molecule has 1 fully saturated rings. The van der Waals surface area contributed by atoms with Crippen molar-refractivity contribution in [1.82, 2.24) is 15.5 Å². The van der Waals surface area contributed by atoms with Crippen LogP contribution in [-0.4, -0.2) is 50.1 Å². The minimum absolute atomic E-state index is 0.197. The second-order valence-corrected chi connectivity index (χ2v) is 4.70. The van der Waals surface area contributed by atoms with E-state index in [1.165, 1.54) is 0 Å². The Balaban J connectivity index is 2.06. The van der Waals surface area contributed by atoms with Gasteiger partial charge in [0.2, 0.25) is 5.91 Å². The summed E-state index contributed by atoms with van der Waals surface area (Å²) in [6.45, 7) is 4.20. The maximum atomic E-state index is 11.0. The smallest absolute Gasteiger partial charge is 0.220 e.